The third-order valence-corrected chi connectivity index (χ3v) is 2.81. The molecule has 96 valence electrons. The first-order chi connectivity index (χ1) is 9.20. The summed E-state index contributed by atoms with van der Waals surface area (Å²) in [4.78, 5) is 15.9. The molecule has 3 aromatic rings. The van der Waals surface area contributed by atoms with Crippen molar-refractivity contribution in [2.45, 2.75) is 0 Å². The van der Waals surface area contributed by atoms with Crippen molar-refractivity contribution in [3.05, 3.63) is 47.1 Å². The number of rotatable bonds is 2. The molecular formula is C12H11N5O2. The van der Waals surface area contributed by atoms with Crippen LogP contribution in [-0.2, 0) is 0 Å². The summed E-state index contributed by atoms with van der Waals surface area (Å²) in [6, 6.07) is 7.33. The van der Waals surface area contributed by atoms with Gasteiger partial charge in [0.15, 0.2) is 5.65 Å². The standard InChI is InChI=1S/C12H11N5O2/c1-19-9-4-2-3-8(5-9)17-11-10(6-15-17)12(18)16(13)7-14-11/h2-7H,13H2,1H3. The van der Waals surface area contributed by atoms with Gasteiger partial charge in [-0.1, -0.05) is 6.07 Å². The SMILES string of the molecule is COc1cccc(-n2ncc3c(=O)n(N)cnc32)c1. The lowest BCUT2D eigenvalue weighted by atomic mass is 10.3. The van der Waals surface area contributed by atoms with E-state index in [0.29, 0.717) is 16.8 Å². The highest BCUT2D eigenvalue weighted by atomic mass is 16.5. The maximum absolute atomic E-state index is 11.8. The van der Waals surface area contributed by atoms with Gasteiger partial charge in [0.1, 0.15) is 17.5 Å². The van der Waals surface area contributed by atoms with Crippen LogP contribution in [0.4, 0.5) is 0 Å². The number of ether oxygens (including phenoxy) is 1. The Morgan fingerprint density at radius 3 is 3.00 bits per heavy atom. The molecule has 0 saturated heterocycles. The number of nitrogen functional groups attached to an aromatic ring is 1. The van der Waals surface area contributed by atoms with Crippen LogP contribution in [-0.4, -0.2) is 26.6 Å². The molecule has 0 fully saturated rings. The summed E-state index contributed by atoms with van der Waals surface area (Å²) >= 11 is 0. The molecule has 1 aromatic carbocycles. The van der Waals surface area contributed by atoms with Gasteiger partial charge < -0.3 is 10.6 Å². The lowest BCUT2D eigenvalue weighted by Crippen LogP contribution is -2.26. The van der Waals surface area contributed by atoms with Gasteiger partial charge >= 0.3 is 0 Å². The van der Waals surface area contributed by atoms with E-state index in [1.54, 1.807) is 11.8 Å². The molecule has 0 aliphatic rings. The summed E-state index contributed by atoms with van der Waals surface area (Å²) in [5.41, 5.74) is 0.884. The van der Waals surface area contributed by atoms with Crippen molar-refractivity contribution < 1.29 is 4.74 Å². The molecule has 3 rings (SSSR count). The highest BCUT2D eigenvalue weighted by molar-refractivity contribution is 5.75. The highest BCUT2D eigenvalue weighted by Crippen LogP contribution is 2.18. The van der Waals surface area contributed by atoms with Crippen molar-refractivity contribution in [2.24, 2.45) is 0 Å². The molecule has 0 aliphatic carbocycles. The normalized spacial score (nSPS) is 10.8. The first-order valence-electron chi connectivity index (χ1n) is 5.55. The van der Waals surface area contributed by atoms with Crippen molar-refractivity contribution in [1.82, 2.24) is 19.4 Å². The molecule has 0 saturated carbocycles. The van der Waals surface area contributed by atoms with Crippen LogP contribution in [0.15, 0.2) is 41.6 Å². The van der Waals surface area contributed by atoms with Crippen LogP contribution < -0.4 is 16.1 Å². The van der Waals surface area contributed by atoms with Gasteiger partial charge in [0.05, 0.1) is 19.0 Å². The van der Waals surface area contributed by atoms with E-state index in [2.05, 4.69) is 10.1 Å². The Balaban J connectivity index is 2.26. The zero-order valence-corrected chi connectivity index (χ0v) is 10.1. The molecule has 0 unspecified atom stereocenters. The molecule has 2 aromatic heterocycles. The fourth-order valence-corrected chi connectivity index (χ4v) is 1.86. The predicted molar refractivity (Wildman–Crippen MR) is 69.8 cm³/mol. The van der Waals surface area contributed by atoms with Crippen LogP contribution in [0, 0.1) is 0 Å². The van der Waals surface area contributed by atoms with Gasteiger partial charge in [0.25, 0.3) is 5.56 Å². The largest absolute Gasteiger partial charge is 0.497 e. The number of fused-ring (bicyclic) bond motifs is 1. The first kappa shape index (κ1) is 11.3. The van der Waals surface area contributed by atoms with Crippen molar-refractivity contribution in [3.63, 3.8) is 0 Å². The van der Waals surface area contributed by atoms with Gasteiger partial charge in [0.2, 0.25) is 0 Å². The minimum absolute atomic E-state index is 0.334. The molecule has 0 bridgehead atoms. The van der Waals surface area contributed by atoms with E-state index in [0.717, 1.165) is 10.4 Å². The van der Waals surface area contributed by atoms with E-state index < -0.39 is 0 Å². The second-order valence-corrected chi connectivity index (χ2v) is 3.95. The molecular weight excluding hydrogens is 246 g/mol. The Morgan fingerprint density at radius 2 is 2.21 bits per heavy atom. The van der Waals surface area contributed by atoms with Gasteiger partial charge in [-0.25, -0.2) is 14.3 Å². The maximum atomic E-state index is 11.8. The molecule has 0 radical (unpaired) electrons. The Labute approximate surface area is 107 Å². The average Bonchev–Trinajstić information content (AvgIpc) is 2.87. The number of hydrogen-bond acceptors (Lipinski definition) is 5. The highest BCUT2D eigenvalue weighted by Gasteiger charge is 2.10. The van der Waals surface area contributed by atoms with Gasteiger partial charge in [-0.2, -0.15) is 5.10 Å². The van der Waals surface area contributed by atoms with Crippen molar-refractivity contribution in [1.29, 1.82) is 0 Å². The summed E-state index contributed by atoms with van der Waals surface area (Å²) in [5.74, 6) is 6.17. The Bertz CT molecular complexity index is 805. The molecule has 0 aliphatic heterocycles. The van der Waals surface area contributed by atoms with Crippen LogP contribution in [0.2, 0.25) is 0 Å². The number of hydrogen-bond donors (Lipinski definition) is 1. The number of aromatic nitrogens is 4. The second kappa shape index (κ2) is 4.13. The van der Waals surface area contributed by atoms with E-state index in [-0.39, 0.29) is 5.56 Å². The van der Waals surface area contributed by atoms with Crippen LogP contribution in [0.5, 0.6) is 5.75 Å². The van der Waals surface area contributed by atoms with Gasteiger partial charge in [-0.3, -0.25) is 4.79 Å². The quantitative estimate of drug-likeness (QED) is 0.667. The van der Waals surface area contributed by atoms with E-state index in [9.17, 15) is 4.79 Å². The van der Waals surface area contributed by atoms with E-state index in [4.69, 9.17) is 10.6 Å². The van der Waals surface area contributed by atoms with E-state index in [1.807, 2.05) is 24.3 Å². The number of methoxy groups -OCH3 is 1. The fourth-order valence-electron chi connectivity index (χ4n) is 1.86. The molecule has 19 heavy (non-hydrogen) atoms. The minimum atomic E-state index is -0.334. The second-order valence-electron chi connectivity index (χ2n) is 3.95. The summed E-state index contributed by atoms with van der Waals surface area (Å²) in [6.07, 6.45) is 2.72. The van der Waals surface area contributed by atoms with Gasteiger partial charge in [0, 0.05) is 6.07 Å². The summed E-state index contributed by atoms with van der Waals surface area (Å²) in [6.45, 7) is 0. The molecule has 7 heteroatoms. The zero-order valence-electron chi connectivity index (χ0n) is 10.1. The zero-order chi connectivity index (χ0) is 13.4. The van der Waals surface area contributed by atoms with Crippen LogP contribution in [0.25, 0.3) is 16.7 Å². The van der Waals surface area contributed by atoms with Crippen molar-refractivity contribution >= 4 is 11.0 Å². The molecule has 2 N–H and O–H groups in total. The Kier molecular flexibility index (Phi) is 2.45. The Morgan fingerprint density at radius 1 is 1.37 bits per heavy atom. The van der Waals surface area contributed by atoms with E-state index in [1.165, 1.54) is 12.5 Å². The molecule has 7 nitrogen and oxygen atoms in total. The summed E-state index contributed by atoms with van der Waals surface area (Å²) < 4.78 is 7.66. The van der Waals surface area contributed by atoms with Crippen LogP contribution in [0.3, 0.4) is 0 Å². The maximum Gasteiger partial charge on any atom is 0.282 e. The molecule has 0 spiro atoms. The smallest absolute Gasteiger partial charge is 0.282 e. The van der Waals surface area contributed by atoms with Gasteiger partial charge in [-0.05, 0) is 12.1 Å². The van der Waals surface area contributed by atoms with Crippen molar-refractivity contribution in [3.8, 4) is 11.4 Å². The molecule has 0 atom stereocenters. The third kappa shape index (κ3) is 1.71. The molecule has 2 heterocycles. The van der Waals surface area contributed by atoms with Crippen molar-refractivity contribution in [2.75, 3.05) is 13.0 Å². The van der Waals surface area contributed by atoms with E-state index >= 15 is 0 Å². The average molecular weight is 257 g/mol. The van der Waals surface area contributed by atoms with Crippen LogP contribution in [0.1, 0.15) is 0 Å². The topological polar surface area (TPSA) is 88.0 Å². The summed E-state index contributed by atoms with van der Waals surface area (Å²) in [7, 11) is 1.59. The van der Waals surface area contributed by atoms with Crippen LogP contribution >= 0.6 is 0 Å². The summed E-state index contributed by atoms with van der Waals surface area (Å²) in [5, 5.41) is 4.54. The Hall–Kier alpha value is -2.83. The minimum Gasteiger partial charge on any atom is -0.497 e. The first-order valence-corrected chi connectivity index (χ1v) is 5.55. The predicted octanol–water partition coefficient (Wildman–Crippen LogP) is 0.305. The third-order valence-electron chi connectivity index (χ3n) is 2.81. The molecule has 0 amide bonds. The fraction of sp³-hybridized carbons (Fsp3) is 0.0833. The number of nitrogens with zero attached hydrogens (tertiary/aromatic N) is 4. The lowest BCUT2D eigenvalue weighted by Gasteiger charge is -2.05. The lowest BCUT2D eigenvalue weighted by molar-refractivity contribution is 0.414. The number of nitrogens with two attached hydrogens (primary N) is 1. The number of benzene rings is 1. The van der Waals surface area contributed by atoms with Gasteiger partial charge in [-0.15, -0.1) is 0 Å². The monoisotopic (exact) mass is 257 g/mol.